The number of ether oxygens (including phenoxy) is 4. The lowest BCUT2D eigenvalue weighted by Gasteiger charge is -2.28. The van der Waals surface area contributed by atoms with E-state index < -0.39 is 5.92 Å². The van der Waals surface area contributed by atoms with Crippen LogP contribution < -0.4 is 18.9 Å². The molecule has 0 radical (unpaired) electrons. The fraction of sp³-hybridized carbons (Fsp3) is 0.280. The first-order valence-electron chi connectivity index (χ1n) is 10.0. The highest BCUT2D eigenvalue weighted by atomic mass is 16.5. The van der Waals surface area contributed by atoms with Gasteiger partial charge in [0, 0.05) is 11.8 Å². The molecule has 7 heteroatoms. The molecule has 0 bridgehead atoms. The van der Waals surface area contributed by atoms with Crippen LogP contribution >= 0.6 is 0 Å². The molecule has 170 valence electrons. The Morgan fingerprint density at radius 1 is 0.594 bits per heavy atom. The molecule has 1 atom stereocenters. The van der Waals surface area contributed by atoms with Gasteiger partial charge in [0.2, 0.25) is 0 Å². The Labute approximate surface area is 187 Å². The van der Waals surface area contributed by atoms with Gasteiger partial charge >= 0.3 is 0 Å². The summed E-state index contributed by atoms with van der Waals surface area (Å²) < 4.78 is 21.4. The molecule has 0 aromatic heterocycles. The topological polar surface area (TPSA) is 97.6 Å². The summed E-state index contributed by atoms with van der Waals surface area (Å²) in [6, 6.07) is 15.7. The largest absolute Gasteiger partial charge is 0.504 e. The van der Waals surface area contributed by atoms with Gasteiger partial charge in [-0.15, -0.1) is 0 Å². The van der Waals surface area contributed by atoms with Crippen molar-refractivity contribution < 1.29 is 34.3 Å². The van der Waals surface area contributed by atoms with E-state index in [1.54, 1.807) is 56.7 Å². The fourth-order valence-corrected chi connectivity index (χ4v) is 3.92. The van der Waals surface area contributed by atoms with E-state index in [1.807, 2.05) is 12.1 Å². The predicted molar refractivity (Wildman–Crippen MR) is 121 cm³/mol. The van der Waals surface area contributed by atoms with E-state index in [1.165, 1.54) is 14.2 Å². The average molecular weight is 440 g/mol. The van der Waals surface area contributed by atoms with Gasteiger partial charge in [0.15, 0.2) is 34.5 Å². The number of rotatable bonds is 9. The number of phenols is 2. The first-order valence-corrected chi connectivity index (χ1v) is 10.0. The van der Waals surface area contributed by atoms with Gasteiger partial charge in [-0.3, -0.25) is 0 Å². The van der Waals surface area contributed by atoms with Crippen molar-refractivity contribution in [3.05, 3.63) is 71.3 Å². The maximum Gasteiger partial charge on any atom is 0.160 e. The van der Waals surface area contributed by atoms with Crippen LogP contribution in [0.4, 0.5) is 0 Å². The van der Waals surface area contributed by atoms with Gasteiger partial charge < -0.3 is 34.3 Å². The average Bonchev–Trinajstić information content (AvgIpc) is 2.83. The lowest BCUT2D eigenvalue weighted by molar-refractivity contribution is 0.254. The summed E-state index contributed by atoms with van der Waals surface area (Å²) in [6.45, 7) is -0.174. The van der Waals surface area contributed by atoms with E-state index in [9.17, 15) is 15.3 Å². The highest BCUT2D eigenvalue weighted by Crippen LogP contribution is 2.44. The summed E-state index contributed by atoms with van der Waals surface area (Å²) >= 11 is 0. The quantitative estimate of drug-likeness (QED) is 0.462. The van der Waals surface area contributed by atoms with Crippen LogP contribution in [0.15, 0.2) is 54.6 Å². The second-order valence-corrected chi connectivity index (χ2v) is 7.24. The zero-order valence-electron chi connectivity index (χ0n) is 18.5. The zero-order valence-corrected chi connectivity index (χ0v) is 18.5. The van der Waals surface area contributed by atoms with Gasteiger partial charge in [-0.25, -0.2) is 0 Å². The number of aromatic hydroxyl groups is 2. The van der Waals surface area contributed by atoms with Crippen LogP contribution in [0, 0.1) is 0 Å². The van der Waals surface area contributed by atoms with E-state index in [-0.39, 0.29) is 24.0 Å². The van der Waals surface area contributed by atoms with E-state index >= 15 is 0 Å². The van der Waals surface area contributed by atoms with E-state index in [4.69, 9.17) is 18.9 Å². The van der Waals surface area contributed by atoms with Gasteiger partial charge in [-0.05, 0) is 53.1 Å². The van der Waals surface area contributed by atoms with E-state index in [0.717, 1.165) is 16.7 Å². The molecule has 0 aliphatic heterocycles. The molecule has 1 unspecified atom stereocenters. The van der Waals surface area contributed by atoms with Crippen molar-refractivity contribution in [1.29, 1.82) is 0 Å². The fourth-order valence-electron chi connectivity index (χ4n) is 3.92. The Morgan fingerprint density at radius 3 is 1.47 bits per heavy atom. The number of aliphatic hydroxyl groups excluding tert-OH is 1. The third kappa shape index (κ3) is 4.53. The summed E-state index contributed by atoms with van der Waals surface area (Å²) in [5, 5.41) is 30.7. The van der Waals surface area contributed by atoms with Crippen molar-refractivity contribution in [2.24, 2.45) is 0 Å². The van der Waals surface area contributed by atoms with Crippen molar-refractivity contribution in [1.82, 2.24) is 0 Å². The monoisotopic (exact) mass is 440 g/mol. The molecule has 0 saturated carbocycles. The summed E-state index contributed by atoms with van der Waals surface area (Å²) in [5.74, 6) is 1.07. The number of aliphatic hydroxyl groups is 1. The minimum atomic E-state index is -0.390. The Morgan fingerprint density at radius 2 is 1.03 bits per heavy atom. The standard InChI is InChI=1S/C25H28O7/c1-29-21-10-7-15(11-24(21)32-4)18(14-26)25(16-5-8-19(27)22(12-16)30-2)17-6-9-20(28)23(13-17)31-3/h5-13,18,25-28H,14H2,1-4H3. The summed E-state index contributed by atoms with van der Waals surface area (Å²) in [4.78, 5) is 0. The molecule has 3 rings (SSSR count). The molecule has 0 fully saturated rings. The van der Waals surface area contributed by atoms with Gasteiger partial charge in [-0.1, -0.05) is 18.2 Å². The van der Waals surface area contributed by atoms with Crippen molar-refractivity contribution in [2.75, 3.05) is 35.0 Å². The highest BCUT2D eigenvalue weighted by molar-refractivity contribution is 5.52. The number of benzene rings is 3. The van der Waals surface area contributed by atoms with Gasteiger partial charge in [0.1, 0.15) is 0 Å². The third-order valence-corrected chi connectivity index (χ3v) is 5.56. The van der Waals surface area contributed by atoms with Crippen LogP contribution in [0.25, 0.3) is 0 Å². The van der Waals surface area contributed by atoms with Crippen molar-refractivity contribution in [3.8, 4) is 34.5 Å². The summed E-state index contributed by atoms with van der Waals surface area (Å²) in [5.41, 5.74) is 2.44. The second-order valence-electron chi connectivity index (χ2n) is 7.24. The Kier molecular flexibility index (Phi) is 7.33. The molecule has 7 nitrogen and oxygen atoms in total. The van der Waals surface area contributed by atoms with Gasteiger partial charge in [-0.2, -0.15) is 0 Å². The smallest absolute Gasteiger partial charge is 0.160 e. The normalized spacial score (nSPS) is 11.8. The van der Waals surface area contributed by atoms with Crippen LogP contribution in [0.3, 0.4) is 0 Å². The molecule has 3 N–H and O–H groups in total. The first kappa shape index (κ1) is 23.1. The summed E-state index contributed by atoms with van der Waals surface area (Å²) in [7, 11) is 6.09. The molecule has 0 aliphatic carbocycles. The van der Waals surface area contributed by atoms with Crippen LogP contribution in [-0.4, -0.2) is 50.4 Å². The van der Waals surface area contributed by atoms with Gasteiger partial charge in [0.05, 0.1) is 35.0 Å². The van der Waals surface area contributed by atoms with E-state index in [0.29, 0.717) is 23.0 Å². The number of phenolic OH excluding ortho intramolecular Hbond substituents is 2. The SMILES string of the molecule is COc1cc(C(c2ccc(O)c(OC)c2)C(CO)c2ccc(OC)c(OC)c2)ccc1O. The van der Waals surface area contributed by atoms with Gasteiger partial charge in [0.25, 0.3) is 0 Å². The number of methoxy groups -OCH3 is 4. The third-order valence-electron chi connectivity index (χ3n) is 5.56. The molecule has 0 saturated heterocycles. The van der Waals surface area contributed by atoms with Crippen molar-refractivity contribution in [3.63, 3.8) is 0 Å². The van der Waals surface area contributed by atoms with Crippen LogP contribution in [0.2, 0.25) is 0 Å². The molecular weight excluding hydrogens is 412 g/mol. The maximum atomic E-state index is 10.5. The Hall–Kier alpha value is -3.58. The molecular formula is C25H28O7. The molecule has 32 heavy (non-hydrogen) atoms. The molecule has 0 amide bonds. The first-order chi connectivity index (χ1) is 15.5. The zero-order chi connectivity index (χ0) is 23.3. The summed E-state index contributed by atoms with van der Waals surface area (Å²) in [6.07, 6.45) is 0. The van der Waals surface area contributed by atoms with Crippen LogP contribution in [0.1, 0.15) is 28.5 Å². The van der Waals surface area contributed by atoms with Crippen LogP contribution in [-0.2, 0) is 0 Å². The minimum absolute atomic E-state index is 0.0185. The second kappa shape index (κ2) is 10.2. The lowest BCUT2D eigenvalue weighted by atomic mass is 9.77. The van der Waals surface area contributed by atoms with Crippen molar-refractivity contribution in [2.45, 2.75) is 11.8 Å². The number of hydrogen-bond donors (Lipinski definition) is 3. The molecule has 3 aromatic carbocycles. The number of hydrogen-bond acceptors (Lipinski definition) is 7. The highest BCUT2D eigenvalue weighted by Gasteiger charge is 2.29. The Bertz CT molecular complexity index is 1010. The molecule has 0 aliphatic rings. The van der Waals surface area contributed by atoms with E-state index in [2.05, 4.69) is 0 Å². The minimum Gasteiger partial charge on any atom is -0.504 e. The maximum absolute atomic E-state index is 10.5. The molecule has 3 aromatic rings. The Balaban J connectivity index is 2.21. The predicted octanol–water partition coefficient (Wildman–Crippen LogP) is 4.04. The molecule has 0 heterocycles. The lowest BCUT2D eigenvalue weighted by Crippen LogP contribution is -2.17. The van der Waals surface area contributed by atoms with Crippen LogP contribution in [0.5, 0.6) is 34.5 Å². The molecule has 0 spiro atoms. The van der Waals surface area contributed by atoms with Crippen molar-refractivity contribution >= 4 is 0 Å².